The summed E-state index contributed by atoms with van der Waals surface area (Å²) in [5, 5.41) is 0. The van der Waals surface area contributed by atoms with Crippen molar-refractivity contribution in [2.75, 3.05) is 12.6 Å². The number of hydrogen-bond donors (Lipinski definition) is 0. The highest BCUT2D eigenvalue weighted by Gasteiger charge is 2.24. The number of benzene rings is 1. The molecule has 0 bridgehead atoms. The van der Waals surface area contributed by atoms with Gasteiger partial charge < -0.3 is 4.74 Å². The smallest absolute Gasteiger partial charge is 0.120 e. The van der Waals surface area contributed by atoms with Crippen LogP contribution in [0.15, 0.2) is 17.0 Å². The Morgan fingerprint density at radius 2 is 2.25 bits per heavy atom. The van der Waals surface area contributed by atoms with Crippen LogP contribution in [-0.2, 0) is 6.54 Å². The van der Waals surface area contributed by atoms with E-state index in [-0.39, 0.29) is 0 Å². The maximum atomic E-state index is 5.36. The van der Waals surface area contributed by atoms with Crippen LogP contribution in [0.3, 0.4) is 0 Å². The van der Waals surface area contributed by atoms with E-state index in [1.54, 1.807) is 19.1 Å². The van der Waals surface area contributed by atoms with Crippen LogP contribution in [0, 0.1) is 0 Å². The van der Waals surface area contributed by atoms with Crippen molar-refractivity contribution in [3.63, 3.8) is 0 Å². The third kappa shape index (κ3) is 2.24. The number of nitrogens with zero attached hydrogens (tertiary/aromatic N) is 1. The third-order valence-electron chi connectivity index (χ3n) is 2.77. The summed E-state index contributed by atoms with van der Waals surface area (Å²) in [6, 6.07) is 4.30. The summed E-state index contributed by atoms with van der Waals surface area (Å²) >= 11 is 5.31. The monoisotopic (exact) mass is 301 g/mol. The zero-order chi connectivity index (χ0) is 11.7. The molecule has 1 aliphatic rings. The SMILES string of the molecule is COc1cc2c(c(C(C)C)c1)CN(CBr)S2. The van der Waals surface area contributed by atoms with Gasteiger partial charge in [-0.05, 0) is 41.1 Å². The molecular weight excluding hydrogens is 286 g/mol. The summed E-state index contributed by atoms with van der Waals surface area (Å²) < 4.78 is 7.66. The molecule has 16 heavy (non-hydrogen) atoms. The Labute approximate surface area is 110 Å². The van der Waals surface area contributed by atoms with Crippen LogP contribution in [0.25, 0.3) is 0 Å². The molecule has 88 valence electrons. The summed E-state index contributed by atoms with van der Waals surface area (Å²) in [5.74, 6) is 1.51. The van der Waals surface area contributed by atoms with Crippen molar-refractivity contribution in [3.8, 4) is 5.75 Å². The van der Waals surface area contributed by atoms with E-state index < -0.39 is 0 Å². The number of ether oxygens (including phenoxy) is 1. The normalized spacial score (nSPS) is 15.6. The first-order valence-electron chi connectivity index (χ1n) is 5.35. The molecule has 0 spiro atoms. The summed E-state index contributed by atoms with van der Waals surface area (Å²) in [7, 11) is 1.73. The topological polar surface area (TPSA) is 12.5 Å². The number of halogens is 1. The predicted molar refractivity (Wildman–Crippen MR) is 72.3 cm³/mol. The average Bonchev–Trinajstić information content (AvgIpc) is 2.69. The second-order valence-electron chi connectivity index (χ2n) is 4.20. The lowest BCUT2D eigenvalue weighted by Crippen LogP contribution is -2.07. The molecule has 1 aromatic rings. The Hall–Kier alpha value is -0.190. The first kappa shape index (κ1) is 12.3. The maximum Gasteiger partial charge on any atom is 0.120 e. The van der Waals surface area contributed by atoms with Crippen LogP contribution in [0.1, 0.15) is 30.9 Å². The van der Waals surface area contributed by atoms with Crippen molar-refractivity contribution < 1.29 is 4.74 Å². The van der Waals surface area contributed by atoms with Gasteiger partial charge in [0.2, 0.25) is 0 Å². The molecule has 0 saturated heterocycles. The standard InChI is InChI=1S/C12H16BrNOS/c1-8(2)10-4-9(15-3)5-12-11(10)6-14(7-13)16-12/h4-5,8H,6-7H2,1-3H3. The van der Waals surface area contributed by atoms with Crippen molar-refractivity contribution >= 4 is 27.9 Å². The lowest BCUT2D eigenvalue weighted by Gasteiger charge is -2.13. The fraction of sp³-hybridized carbons (Fsp3) is 0.500. The molecule has 0 radical (unpaired) electrons. The van der Waals surface area contributed by atoms with E-state index in [1.807, 2.05) is 0 Å². The molecular formula is C12H16BrNOS. The van der Waals surface area contributed by atoms with Crippen molar-refractivity contribution in [2.24, 2.45) is 0 Å². The van der Waals surface area contributed by atoms with Crippen LogP contribution in [0.4, 0.5) is 0 Å². The molecule has 1 aliphatic heterocycles. The van der Waals surface area contributed by atoms with Gasteiger partial charge in [0, 0.05) is 11.4 Å². The molecule has 0 saturated carbocycles. The number of alkyl halides is 1. The van der Waals surface area contributed by atoms with E-state index in [0.717, 1.165) is 17.7 Å². The average molecular weight is 302 g/mol. The molecule has 4 heteroatoms. The quantitative estimate of drug-likeness (QED) is 0.476. The summed E-state index contributed by atoms with van der Waals surface area (Å²) in [5.41, 5.74) is 3.76. The minimum atomic E-state index is 0.541. The number of rotatable bonds is 3. The minimum Gasteiger partial charge on any atom is -0.497 e. The Morgan fingerprint density at radius 1 is 1.50 bits per heavy atom. The molecule has 0 fully saturated rings. The van der Waals surface area contributed by atoms with Crippen LogP contribution in [0.5, 0.6) is 5.75 Å². The van der Waals surface area contributed by atoms with Gasteiger partial charge in [0.1, 0.15) is 5.75 Å². The Morgan fingerprint density at radius 3 is 2.81 bits per heavy atom. The lowest BCUT2D eigenvalue weighted by molar-refractivity contribution is 0.412. The lowest BCUT2D eigenvalue weighted by atomic mass is 9.97. The van der Waals surface area contributed by atoms with E-state index in [9.17, 15) is 0 Å². The number of hydrogen-bond acceptors (Lipinski definition) is 3. The fourth-order valence-electron chi connectivity index (χ4n) is 1.94. The van der Waals surface area contributed by atoms with Gasteiger partial charge in [-0.1, -0.05) is 29.8 Å². The second-order valence-corrected chi connectivity index (χ2v) is 5.84. The Kier molecular flexibility index (Phi) is 3.82. The highest BCUT2D eigenvalue weighted by molar-refractivity contribution is 9.09. The highest BCUT2D eigenvalue weighted by Crippen LogP contribution is 2.42. The van der Waals surface area contributed by atoms with E-state index >= 15 is 0 Å². The van der Waals surface area contributed by atoms with Crippen LogP contribution in [0.2, 0.25) is 0 Å². The molecule has 1 aromatic carbocycles. The second kappa shape index (κ2) is 4.98. The van der Waals surface area contributed by atoms with Crippen molar-refractivity contribution in [3.05, 3.63) is 23.3 Å². The summed E-state index contributed by atoms with van der Waals surface area (Å²) in [6.45, 7) is 5.48. The molecule has 0 amide bonds. The molecule has 2 nitrogen and oxygen atoms in total. The number of methoxy groups -OCH3 is 1. The molecule has 0 unspecified atom stereocenters. The summed E-state index contributed by atoms with van der Waals surface area (Å²) in [6.07, 6.45) is 0. The van der Waals surface area contributed by atoms with E-state index in [2.05, 4.69) is 46.2 Å². The van der Waals surface area contributed by atoms with E-state index in [1.165, 1.54) is 16.0 Å². The van der Waals surface area contributed by atoms with Gasteiger partial charge in [0.15, 0.2) is 0 Å². The van der Waals surface area contributed by atoms with Gasteiger partial charge in [0.25, 0.3) is 0 Å². The van der Waals surface area contributed by atoms with Crippen molar-refractivity contribution in [2.45, 2.75) is 31.2 Å². The largest absolute Gasteiger partial charge is 0.497 e. The van der Waals surface area contributed by atoms with Gasteiger partial charge in [0.05, 0.1) is 12.6 Å². The highest BCUT2D eigenvalue weighted by atomic mass is 79.9. The first-order chi connectivity index (χ1) is 7.65. The summed E-state index contributed by atoms with van der Waals surface area (Å²) in [4.78, 5) is 1.34. The first-order valence-corrected chi connectivity index (χ1v) is 7.25. The molecule has 0 atom stereocenters. The molecule has 0 N–H and O–H groups in total. The fourth-order valence-corrected chi connectivity index (χ4v) is 3.41. The van der Waals surface area contributed by atoms with Crippen LogP contribution in [-0.4, -0.2) is 16.9 Å². The molecule has 0 aliphatic carbocycles. The molecule has 1 heterocycles. The third-order valence-corrected chi connectivity index (χ3v) is 4.78. The zero-order valence-corrected chi connectivity index (χ0v) is 12.2. The van der Waals surface area contributed by atoms with E-state index in [4.69, 9.17) is 4.74 Å². The zero-order valence-electron chi connectivity index (χ0n) is 9.79. The maximum absolute atomic E-state index is 5.36. The van der Waals surface area contributed by atoms with Gasteiger partial charge in [-0.2, -0.15) is 0 Å². The molecule has 0 aromatic heterocycles. The Bertz CT molecular complexity index is 395. The van der Waals surface area contributed by atoms with Crippen molar-refractivity contribution in [1.29, 1.82) is 0 Å². The number of fused-ring (bicyclic) bond motifs is 1. The Balaban J connectivity index is 2.43. The van der Waals surface area contributed by atoms with Gasteiger partial charge >= 0.3 is 0 Å². The minimum absolute atomic E-state index is 0.541. The van der Waals surface area contributed by atoms with Crippen LogP contribution >= 0.6 is 27.9 Å². The molecule has 2 rings (SSSR count). The van der Waals surface area contributed by atoms with Crippen molar-refractivity contribution in [1.82, 2.24) is 4.31 Å². The predicted octanol–water partition coefficient (Wildman–Crippen LogP) is 3.99. The van der Waals surface area contributed by atoms with Gasteiger partial charge in [-0.3, -0.25) is 0 Å². The van der Waals surface area contributed by atoms with Crippen LogP contribution < -0.4 is 4.74 Å². The van der Waals surface area contributed by atoms with Gasteiger partial charge in [-0.25, -0.2) is 4.31 Å². The van der Waals surface area contributed by atoms with Gasteiger partial charge in [-0.15, -0.1) is 0 Å². The van der Waals surface area contributed by atoms with E-state index in [0.29, 0.717) is 5.92 Å².